The molecule has 0 spiro atoms. The fourth-order valence-corrected chi connectivity index (χ4v) is 6.34. The Morgan fingerprint density at radius 3 is 2.39 bits per heavy atom. The number of sulfone groups is 1. The summed E-state index contributed by atoms with van der Waals surface area (Å²) in [6, 6.07) is 14.3. The lowest BCUT2D eigenvalue weighted by Gasteiger charge is -2.43. The van der Waals surface area contributed by atoms with E-state index in [1.165, 1.54) is 12.1 Å². The zero-order valence-electron chi connectivity index (χ0n) is 23.8. The Morgan fingerprint density at radius 1 is 1.10 bits per heavy atom. The molecule has 1 fully saturated rings. The summed E-state index contributed by atoms with van der Waals surface area (Å²) in [5, 5.41) is 0. The topological polar surface area (TPSA) is 102 Å². The number of benzene rings is 2. The number of urea groups is 1. The van der Waals surface area contributed by atoms with Crippen LogP contribution in [0.3, 0.4) is 0 Å². The highest BCUT2D eigenvalue weighted by molar-refractivity contribution is 7.91. The molecule has 4 rings (SSSR count). The van der Waals surface area contributed by atoms with Crippen LogP contribution in [0, 0.1) is 11.2 Å². The molecule has 1 aliphatic heterocycles. The second-order valence-electron chi connectivity index (χ2n) is 11.7. The zero-order valence-corrected chi connectivity index (χ0v) is 24.7. The predicted octanol–water partition coefficient (Wildman–Crippen LogP) is 4.66. The van der Waals surface area contributed by atoms with Crippen molar-refractivity contribution in [3.8, 4) is 11.3 Å². The molecule has 2 heterocycles. The molecule has 0 aliphatic carbocycles. The highest BCUT2D eigenvalue weighted by Gasteiger charge is 2.41. The number of hydrogen-bond acceptors (Lipinski definition) is 5. The van der Waals surface area contributed by atoms with Crippen molar-refractivity contribution in [3.05, 3.63) is 78.0 Å². The molecule has 1 aliphatic rings. The van der Waals surface area contributed by atoms with Gasteiger partial charge in [0.25, 0.3) is 0 Å². The summed E-state index contributed by atoms with van der Waals surface area (Å²) in [5.74, 6) is -0.00909. The number of halogens is 2. The highest BCUT2D eigenvalue weighted by Crippen LogP contribution is 2.40. The summed E-state index contributed by atoms with van der Waals surface area (Å²) in [7, 11) is -3.21. The van der Waals surface area contributed by atoms with E-state index in [4.69, 9.17) is 10.7 Å². The number of nitrogens with two attached hydrogens (primary N) is 1. The van der Waals surface area contributed by atoms with Crippen LogP contribution in [0.25, 0.3) is 11.3 Å². The highest BCUT2D eigenvalue weighted by atomic mass is 32.2. The van der Waals surface area contributed by atoms with Crippen LogP contribution in [0.5, 0.6) is 0 Å². The minimum Gasteiger partial charge on any atom is -0.328 e. The van der Waals surface area contributed by atoms with Crippen molar-refractivity contribution in [1.82, 2.24) is 19.4 Å². The Labute approximate surface area is 241 Å². The lowest BCUT2D eigenvalue weighted by atomic mass is 9.84. The van der Waals surface area contributed by atoms with E-state index < -0.39 is 34.0 Å². The summed E-state index contributed by atoms with van der Waals surface area (Å²) >= 11 is 0. The van der Waals surface area contributed by atoms with Gasteiger partial charge in [0.05, 0.1) is 23.2 Å². The SMILES string of the molecule is CC(C)(C)[C@H](c1nc(-c2cccc(F)c2)cn1Cc1ccccc1)N(CC[C@@H](N)CF)C(=O)N1CCS(=O)(=O)CC1. The maximum absolute atomic E-state index is 14.2. The van der Waals surface area contributed by atoms with Gasteiger partial charge < -0.3 is 20.1 Å². The number of rotatable bonds is 9. The molecule has 2 aromatic carbocycles. The lowest BCUT2D eigenvalue weighted by molar-refractivity contribution is 0.0826. The zero-order chi connectivity index (χ0) is 29.8. The van der Waals surface area contributed by atoms with Crippen molar-refractivity contribution in [2.75, 3.05) is 37.8 Å². The first-order valence-corrected chi connectivity index (χ1v) is 15.6. The second-order valence-corrected chi connectivity index (χ2v) is 14.0. The number of carbonyl (C=O) groups excluding carboxylic acids is 1. The molecular formula is C30H39F2N5O3S. The molecule has 0 radical (unpaired) electrons. The van der Waals surface area contributed by atoms with Gasteiger partial charge in [-0.05, 0) is 29.5 Å². The number of amides is 2. The van der Waals surface area contributed by atoms with Crippen LogP contribution in [-0.4, -0.2) is 77.7 Å². The molecule has 2 atom stereocenters. The van der Waals surface area contributed by atoms with E-state index in [2.05, 4.69) is 0 Å². The molecule has 11 heteroatoms. The number of carbonyl (C=O) groups is 1. The van der Waals surface area contributed by atoms with E-state index in [9.17, 15) is 22.0 Å². The van der Waals surface area contributed by atoms with Crippen LogP contribution >= 0.6 is 0 Å². The van der Waals surface area contributed by atoms with Gasteiger partial charge >= 0.3 is 6.03 Å². The predicted molar refractivity (Wildman–Crippen MR) is 156 cm³/mol. The summed E-state index contributed by atoms with van der Waals surface area (Å²) in [6.45, 7) is 6.04. The first-order chi connectivity index (χ1) is 19.4. The molecule has 3 aromatic rings. The molecule has 0 saturated carbocycles. The monoisotopic (exact) mass is 587 g/mol. The molecule has 41 heavy (non-hydrogen) atoms. The minimum atomic E-state index is -3.21. The fraction of sp³-hybridized carbons (Fsp3) is 0.467. The fourth-order valence-electron chi connectivity index (χ4n) is 5.14. The molecule has 8 nitrogen and oxygen atoms in total. The summed E-state index contributed by atoms with van der Waals surface area (Å²) < 4.78 is 53.7. The molecule has 1 aromatic heterocycles. The van der Waals surface area contributed by atoms with E-state index >= 15 is 0 Å². The van der Waals surface area contributed by atoms with Crippen molar-refractivity contribution in [3.63, 3.8) is 0 Å². The van der Waals surface area contributed by atoms with E-state index in [1.54, 1.807) is 21.9 Å². The summed E-state index contributed by atoms with van der Waals surface area (Å²) in [5.41, 5.74) is 7.58. The molecule has 1 saturated heterocycles. The Kier molecular flexibility index (Phi) is 9.48. The number of hydrogen-bond donors (Lipinski definition) is 1. The van der Waals surface area contributed by atoms with Gasteiger partial charge in [-0.25, -0.2) is 27.0 Å². The Bertz CT molecular complexity index is 1430. The van der Waals surface area contributed by atoms with Gasteiger partial charge in [0.1, 0.15) is 18.3 Å². The normalized spacial score (nSPS) is 16.8. The van der Waals surface area contributed by atoms with E-state index in [0.717, 1.165) is 5.56 Å². The van der Waals surface area contributed by atoms with Crippen LogP contribution in [0.1, 0.15) is 44.6 Å². The molecule has 0 bridgehead atoms. The van der Waals surface area contributed by atoms with Crippen molar-refractivity contribution < 1.29 is 22.0 Å². The average molecular weight is 588 g/mol. The quantitative estimate of drug-likeness (QED) is 0.392. The Morgan fingerprint density at radius 2 is 1.78 bits per heavy atom. The molecule has 2 amide bonds. The largest absolute Gasteiger partial charge is 0.328 e. The van der Waals surface area contributed by atoms with Gasteiger partial charge in [0, 0.05) is 44.0 Å². The number of imidazole rings is 1. The van der Waals surface area contributed by atoms with Crippen LogP contribution in [0.2, 0.25) is 0 Å². The first-order valence-electron chi connectivity index (χ1n) is 13.8. The summed E-state index contributed by atoms with van der Waals surface area (Å²) in [6.07, 6.45) is 2.08. The van der Waals surface area contributed by atoms with E-state index in [1.807, 2.05) is 61.9 Å². The van der Waals surface area contributed by atoms with Crippen LogP contribution in [0.15, 0.2) is 60.8 Å². The van der Waals surface area contributed by atoms with Gasteiger partial charge in [-0.3, -0.25) is 0 Å². The van der Waals surface area contributed by atoms with Crippen LogP contribution < -0.4 is 5.73 Å². The minimum absolute atomic E-state index is 0.0801. The third-order valence-electron chi connectivity index (χ3n) is 7.30. The van der Waals surface area contributed by atoms with Gasteiger partial charge in [-0.2, -0.15) is 0 Å². The lowest BCUT2D eigenvalue weighted by Crippen LogP contribution is -2.53. The number of alkyl halides is 1. The van der Waals surface area contributed by atoms with Crippen molar-refractivity contribution >= 4 is 15.9 Å². The van der Waals surface area contributed by atoms with Gasteiger partial charge in [-0.1, -0.05) is 63.2 Å². The second kappa shape index (κ2) is 12.7. The van der Waals surface area contributed by atoms with Crippen LogP contribution in [0.4, 0.5) is 13.6 Å². The van der Waals surface area contributed by atoms with Gasteiger partial charge in [-0.15, -0.1) is 0 Å². The Hall–Kier alpha value is -3.31. The van der Waals surface area contributed by atoms with Crippen molar-refractivity contribution in [2.45, 2.75) is 45.8 Å². The third-order valence-corrected chi connectivity index (χ3v) is 8.91. The van der Waals surface area contributed by atoms with Crippen LogP contribution in [-0.2, 0) is 16.4 Å². The van der Waals surface area contributed by atoms with Gasteiger partial charge in [0.2, 0.25) is 0 Å². The third kappa shape index (κ3) is 7.71. The van der Waals surface area contributed by atoms with Gasteiger partial charge in [0.15, 0.2) is 9.84 Å². The maximum Gasteiger partial charge on any atom is 0.320 e. The summed E-state index contributed by atoms with van der Waals surface area (Å²) in [4.78, 5) is 22.3. The smallest absolute Gasteiger partial charge is 0.320 e. The number of nitrogens with zero attached hydrogens (tertiary/aromatic N) is 4. The maximum atomic E-state index is 14.2. The van der Waals surface area contributed by atoms with Crippen molar-refractivity contribution in [2.24, 2.45) is 11.1 Å². The Balaban J connectivity index is 1.82. The van der Waals surface area contributed by atoms with E-state index in [-0.39, 0.29) is 49.4 Å². The average Bonchev–Trinajstić information content (AvgIpc) is 3.33. The van der Waals surface area contributed by atoms with E-state index in [0.29, 0.717) is 23.6 Å². The molecule has 0 unspecified atom stereocenters. The standard InChI is InChI=1S/C30H39F2N5O3S/c1-30(2,3)27(37(13-12-25(33)19-31)29(38)35-14-16-41(39,40)17-15-35)28-34-26(23-10-7-11-24(32)18-23)21-36(28)20-22-8-5-4-6-9-22/h4-11,18,21,25,27H,12-17,19-20,33H2,1-3H3/t25-,27+/m1/s1. The first kappa shape index (κ1) is 30.6. The molecule has 222 valence electrons. The number of aromatic nitrogens is 2. The molecule has 2 N–H and O–H groups in total. The van der Waals surface area contributed by atoms with Crippen molar-refractivity contribution in [1.29, 1.82) is 0 Å². The molecular weight excluding hydrogens is 548 g/mol.